The summed E-state index contributed by atoms with van der Waals surface area (Å²) in [6.07, 6.45) is 1.67. The minimum Gasteiger partial charge on any atom is -0.321 e. The molecule has 3 rings (SSSR count). The van der Waals surface area contributed by atoms with E-state index in [9.17, 15) is 9.59 Å². The van der Waals surface area contributed by atoms with Crippen LogP contribution in [-0.4, -0.2) is 11.8 Å². The Bertz CT molecular complexity index is 920. The molecule has 2 amide bonds. The van der Waals surface area contributed by atoms with Crippen LogP contribution in [0.1, 0.15) is 15.2 Å². The molecule has 0 fully saturated rings. The van der Waals surface area contributed by atoms with Gasteiger partial charge in [-0.05, 0) is 76.5 Å². The normalized spacial score (nSPS) is 11.0. The average Bonchev–Trinajstić information content (AvgIpc) is 3.17. The van der Waals surface area contributed by atoms with Crippen LogP contribution >= 0.6 is 33.9 Å². The maximum Gasteiger partial charge on any atom is 0.272 e. The Labute approximate surface area is 169 Å². The van der Waals surface area contributed by atoms with Crippen LogP contribution in [0.3, 0.4) is 0 Å². The summed E-state index contributed by atoms with van der Waals surface area (Å²) < 4.78 is 1.08. The lowest BCUT2D eigenvalue weighted by Gasteiger charge is -2.11. The fourth-order valence-electron chi connectivity index (χ4n) is 2.19. The van der Waals surface area contributed by atoms with Crippen LogP contribution in [0, 0.1) is 3.57 Å². The minimum atomic E-state index is -0.371. The molecule has 2 aromatic carbocycles. The molecule has 1 aromatic heterocycles. The molecule has 2 N–H and O–H groups in total. The zero-order valence-corrected chi connectivity index (χ0v) is 16.6. The molecule has 0 aliphatic heterocycles. The molecule has 3 aromatic rings. The van der Waals surface area contributed by atoms with Crippen LogP contribution in [0.15, 0.2) is 77.8 Å². The average molecular weight is 474 g/mol. The Balaban J connectivity index is 1.82. The third-order valence-electron chi connectivity index (χ3n) is 3.46. The molecule has 0 aliphatic carbocycles. The number of benzene rings is 2. The van der Waals surface area contributed by atoms with Crippen molar-refractivity contribution in [2.45, 2.75) is 0 Å². The van der Waals surface area contributed by atoms with Gasteiger partial charge in [-0.15, -0.1) is 11.3 Å². The highest BCUT2D eigenvalue weighted by Gasteiger charge is 2.15. The number of carbonyl (C=O) groups excluding carboxylic acids is 2. The van der Waals surface area contributed by atoms with Crippen LogP contribution in [-0.2, 0) is 4.79 Å². The van der Waals surface area contributed by atoms with E-state index in [-0.39, 0.29) is 17.5 Å². The van der Waals surface area contributed by atoms with E-state index < -0.39 is 0 Å². The van der Waals surface area contributed by atoms with Crippen molar-refractivity contribution < 1.29 is 9.59 Å². The van der Waals surface area contributed by atoms with Crippen LogP contribution in [0.5, 0.6) is 0 Å². The summed E-state index contributed by atoms with van der Waals surface area (Å²) in [4.78, 5) is 26.0. The third kappa shape index (κ3) is 5.03. The highest BCUT2D eigenvalue weighted by molar-refractivity contribution is 14.1. The minimum absolute atomic E-state index is 0.194. The van der Waals surface area contributed by atoms with E-state index in [0.717, 1.165) is 8.45 Å². The molecule has 0 atom stereocenters. The molecule has 0 saturated carbocycles. The molecular weight excluding hydrogens is 459 g/mol. The number of hydrogen-bond acceptors (Lipinski definition) is 3. The topological polar surface area (TPSA) is 58.2 Å². The van der Waals surface area contributed by atoms with Gasteiger partial charge in [0.1, 0.15) is 5.70 Å². The number of halogens is 1. The Morgan fingerprint density at radius 2 is 1.65 bits per heavy atom. The third-order valence-corrected chi connectivity index (χ3v) is 5.00. The number of rotatable bonds is 5. The lowest BCUT2D eigenvalue weighted by Crippen LogP contribution is -2.30. The molecule has 0 radical (unpaired) electrons. The first-order valence-corrected chi connectivity index (χ1v) is 9.76. The van der Waals surface area contributed by atoms with Gasteiger partial charge in [-0.25, -0.2) is 0 Å². The van der Waals surface area contributed by atoms with Gasteiger partial charge in [-0.1, -0.05) is 24.3 Å². The number of thiophene rings is 1. The second-order valence-electron chi connectivity index (χ2n) is 5.35. The van der Waals surface area contributed by atoms with Crippen molar-refractivity contribution in [2.24, 2.45) is 0 Å². The van der Waals surface area contributed by atoms with Gasteiger partial charge in [0.15, 0.2) is 0 Å². The fourth-order valence-corrected chi connectivity index (χ4v) is 3.21. The van der Waals surface area contributed by atoms with Gasteiger partial charge in [-0.3, -0.25) is 9.59 Å². The summed E-state index contributed by atoms with van der Waals surface area (Å²) in [5, 5.41) is 7.45. The van der Waals surface area contributed by atoms with Crippen LogP contribution in [0.25, 0.3) is 6.08 Å². The molecule has 26 heavy (non-hydrogen) atoms. The first-order chi connectivity index (χ1) is 12.6. The van der Waals surface area contributed by atoms with Crippen LogP contribution < -0.4 is 10.6 Å². The van der Waals surface area contributed by atoms with E-state index in [4.69, 9.17) is 0 Å². The first-order valence-electron chi connectivity index (χ1n) is 7.80. The number of hydrogen-bond donors (Lipinski definition) is 2. The van der Waals surface area contributed by atoms with Gasteiger partial charge in [0.05, 0.1) is 0 Å². The molecule has 0 unspecified atom stereocenters. The van der Waals surface area contributed by atoms with E-state index in [2.05, 4.69) is 33.2 Å². The number of anilines is 1. The molecule has 0 saturated heterocycles. The van der Waals surface area contributed by atoms with E-state index in [1.54, 1.807) is 30.3 Å². The largest absolute Gasteiger partial charge is 0.321 e. The van der Waals surface area contributed by atoms with E-state index in [1.165, 1.54) is 11.3 Å². The predicted octanol–water partition coefficient (Wildman–Crippen LogP) is 4.76. The van der Waals surface area contributed by atoms with Gasteiger partial charge in [0, 0.05) is 19.7 Å². The van der Waals surface area contributed by atoms with Gasteiger partial charge in [0.2, 0.25) is 0 Å². The number of nitrogens with one attached hydrogen (secondary N) is 2. The summed E-state index contributed by atoms with van der Waals surface area (Å²) in [7, 11) is 0. The lowest BCUT2D eigenvalue weighted by molar-refractivity contribution is -0.113. The molecule has 130 valence electrons. The van der Waals surface area contributed by atoms with E-state index in [0.29, 0.717) is 11.3 Å². The van der Waals surface area contributed by atoms with Crippen molar-refractivity contribution in [3.63, 3.8) is 0 Å². The number of amides is 2. The van der Waals surface area contributed by atoms with Crippen LogP contribution in [0.2, 0.25) is 0 Å². The fraction of sp³-hybridized carbons (Fsp3) is 0. The van der Waals surface area contributed by atoms with Crippen molar-refractivity contribution in [3.8, 4) is 0 Å². The monoisotopic (exact) mass is 474 g/mol. The van der Waals surface area contributed by atoms with Crippen molar-refractivity contribution >= 4 is 57.5 Å². The zero-order chi connectivity index (χ0) is 18.4. The quantitative estimate of drug-likeness (QED) is 0.414. The summed E-state index contributed by atoms with van der Waals surface area (Å²) >= 11 is 3.69. The smallest absolute Gasteiger partial charge is 0.272 e. The first kappa shape index (κ1) is 18.3. The molecule has 0 bridgehead atoms. The van der Waals surface area contributed by atoms with Crippen molar-refractivity contribution in [2.75, 3.05) is 5.32 Å². The molecule has 1 heterocycles. The van der Waals surface area contributed by atoms with Gasteiger partial charge in [-0.2, -0.15) is 0 Å². The standard InChI is InChI=1S/C20H15IN2O2S/c21-15-8-10-16(11-9-15)22-20(25)18(13-17-7-4-12-26-17)23-19(24)14-5-2-1-3-6-14/h1-13H,(H,22,25)(H,23,24)/b18-13+. The van der Waals surface area contributed by atoms with Gasteiger partial charge < -0.3 is 10.6 Å². The molecule has 6 heteroatoms. The summed E-state index contributed by atoms with van der Waals surface area (Å²) in [5.41, 5.74) is 1.35. The van der Waals surface area contributed by atoms with Crippen molar-refractivity contribution in [1.29, 1.82) is 0 Å². The number of carbonyl (C=O) groups is 2. The Morgan fingerprint density at radius 3 is 2.31 bits per heavy atom. The molecule has 4 nitrogen and oxygen atoms in total. The Hall–Kier alpha value is -2.45. The van der Waals surface area contributed by atoms with Crippen molar-refractivity contribution in [1.82, 2.24) is 5.32 Å². The highest BCUT2D eigenvalue weighted by atomic mass is 127. The summed E-state index contributed by atoms with van der Waals surface area (Å²) in [6, 6.07) is 20.0. The molecular formula is C20H15IN2O2S. The summed E-state index contributed by atoms with van der Waals surface area (Å²) in [6.45, 7) is 0. The molecule has 0 spiro atoms. The predicted molar refractivity (Wildman–Crippen MR) is 114 cm³/mol. The highest BCUT2D eigenvalue weighted by Crippen LogP contribution is 2.16. The Kier molecular flexibility index (Phi) is 6.19. The SMILES string of the molecule is O=C(Nc1ccc(I)cc1)/C(=C\c1cccs1)NC(=O)c1ccccc1. The van der Waals surface area contributed by atoms with Gasteiger partial charge >= 0.3 is 0 Å². The molecule has 0 aliphatic rings. The van der Waals surface area contributed by atoms with Crippen LogP contribution in [0.4, 0.5) is 5.69 Å². The Morgan fingerprint density at radius 1 is 0.923 bits per heavy atom. The van der Waals surface area contributed by atoms with E-state index >= 15 is 0 Å². The lowest BCUT2D eigenvalue weighted by atomic mass is 10.2. The van der Waals surface area contributed by atoms with E-state index in [1.807, 2.05) is 47.8 Å². The zero-order valence-electron chi connectivity index (χ0n) is 13.6. The van der Waals surface area contributed by atoms with Crippen molar-refractivity contribution in [3.05, 3.63) is 91.8 Å². The maximum absolute atomic E-state index is 12.7. The second-order valence-corrected chi connectivity index (χ2v) is 7.58. The summed E-state index contributed by atoms with van der Waals surface area (Å²) in [5.74, 6) is -0.699. The second kappa shape index (κ2) is 8.77. The maximum atomic E-state index is 12.7. The van der Waals surface area contributed by atoms with Gasteiger partial charge in [0.25, 0.3) is 11.8 Å².